The Balaban J connectivity index is 1.25. The third-order valence-corrected chi connectivity index (χ3v) is 5.43. The summed E-state index contributed by atoms with van der Waals surface area (Å²) in [5.41, 5.74) is 6.51. The molecule has 0 saturated heterocycles. The van der Waals surface area contributed by atoms with Gasteiger partial charge in [-0.1, -0.05) is 12.1 Å². The zero-order valence-electron chi connectivity index (χ0n) is 17.6. The SMILES string of the molecule is N#CCNC(=O)c1ccc(-c2ccnc(Nc3ccc(N4Cc5cn[nH]c5C4)cc3)n2)cc1. The Kier molecular flexibility index (Phi) is 5.39. The molecule has 33 heavy (non-hydrogen) atoms. The van der Waals surface area contributed by atoms with Crippen LogP contribution in [0.15, 0.2) is 67.0 Å². The number of hydrogen-bond donors (Lipinski definition) is 3. The summed E-state index contributed by atoms with van der Waals surface area (Å²) in [6.45, 7) is 1.65. The number of amides is 1. The highest BCUT2D eigenvalue weighted by atomic mass is 16.1. The number of benzene rings is 2. The second-order valence-corrected chi connectivity index (χ2v) is 7.59. The van der Waals surface area contributed by atoms with E-state index in [9.17, 15) is 4.79 Å². The minimum absolute atomic E-state index is 0.0223. The van der Waals surface area contributed by atoms with Gasteiger partial charge in [0.05, 0.1) is 30.2 Å². The van der Waals surface area contributed by atoms with E-state index < -0.39 is 0 Å². The first kappa shape index (κ1) is 20.2. The minimum Gasteiger partial charge on any atom is -0.361 e. The van der Waals surface area contributed by atoms with Crippen molar-refractivity contribution in [3.05, 3.63) is 83.8 Å². The van der Waals surface area contributed by atoms with Crippen molar-refractivity contribution in [1.29, 1.82) is 5.26 Å². The van der Waals surface area contributed by atoms with Gasteiger partial charge in [0.1, 0.15) is 6.54 Å². The van der Waals surface area contributed by atoms with Crippen LogP contribution in [0.5, 0.6) is 0 Å². The number of nitrogens with one attached hydrogen (secondary N) is 3. The molecule has 0 unspecified atom stereocenters. The predicted molar refractivity (Wildman–Crippen MR) is 124 cm³/mol. The van der Waals surface area contributed by atoms with Gasteiger partial charge in [-0.2, -0.15) is 10.4 Å². The zero-order chi connectivity index (χ0) is 22.6. The van der Waals surface area contributed by atoms with Crippen LogP contribution in [0.2, 0.25) is 0 Å². The van der Waals surface area contributed by atoms with Gasteiger partial charge in [-0.15, -0.1) is 0 Å². The minimum atomic E-state index is -0.282. The molecule has 9 heteroatoms. The van der Waals surface area contributed by atoms with E-state index >= 15 is 0 Å². The number of carbonyl (C=O) groups excluding carboxylic acids is 1. The number of H-pyrrole nitrogens is 1. The summed E-state index contributed by atoms with van der Waals surface area (Å²) in [4.78, 5) is 23.2. The Morgan fingerprint density at radius 1 is 1.09 bits per heavy atom. The molecule has 0 aliphatic carbocycles. The molecule has 9 nitrogen and oxygen atoms in total. The van der Waals surface area contributed by atoms with E-state index in [1.54, 1.807) is 18.3 Å². The largest absolute Gasteiger partial charge is 0.361 e. The van der Waals surface area contributed by atoms with E-state index in [0.717, 1.165) is 35.7 Å². The van der Waals surface area contributed by atoms with Crippen molar-refractivity contribution in [1.82, 2.24) is 25.5 Å². The Morgan fingerprint density at radius 2 is 1.91 bits per heavy atom. The van der Waals surface area contributed by atoms with Crippen molar-refractivity contribution < 1.29 is 4.79 Å². The normalized spacial score (nSPS) is 12.2. The third kappa shape index (κ3) is 4.36. The molecule has 0 spiro atoms. The highest BCUT2D eigenvalue weighted by Gasteiger charge is 2.20. The first-order chi connectivity index (χ1) is 16.2. The van der Waals surface area contributed by atoms with Crippen LogP contribution in [0.25, 0.3) is 11.3 Å². The van der Waals surface area contributed by atoms with Crippen molar-refractivity contribution in [2.24, 2.45) is 0 Å². The second kappa shape index (κ2) is 8.80. The standard InChI is InChI=1S/C24H20N8O/c25-10-12-26-23(33)17-3-1-16(2-4-17)21-9-11-27-24(30-21)29-19-5-7-20(8-6-19)32-14-18-13-28-31-22(18)15-32/h1-9,11,13H,12,14-15H2,(H,26,33)(H,28,31)(H,27,29,30). The molecule has 0 saturated carbocycles. The highest BCUT2D eigenvalue weighted by molar-refractivity contribution is 5.94. The van der Waals surface area contributed by atoms with Crippen LogP contribution in [0.4, 0.5) is 17.3 Å². The summed E-state index contributed by atoms with van der Waals surface area (Å²) in [6.07, 6.45) is 3.57. The molecule has 0 fully saturated rings. The van der Waals surface area contributed by atoms with E-state index in [2.05, 4.69) is 47.8 Å². The quantitative estimate of drug-likeness (QED) is 0.396. The number of nitrogens with zero attached hydrogens (tertiary/aromatic N) is 5. The lowest BCUT2D eigenvalue weighted by molar-refractivity contribution is 0.0958. The Bertz CT molecular complexity index is 1300. The van der Waals surface area contributed by atoms with Gasteiger partial charge in [-0.3, -0.25) is 9.89 Å². The van der Waals surface area contributed by atoms with Crippen LogP contribution in [0.3, 0.4) is 0 Å². The van der Waals surface area contributed by atoms with Crippen LogP contribution in [-0.2, 0) is 13.1 Å². The number of fused-ring (bicyclic) bond motifs is 1. The summed E-state index contributed by atoms with van der Waals surface area (Å²) >= 11 is 0. The molecule has 5 rings (SSSR count). The van der Waals surface area contributed by atoms with Crippen LogP contribution >= 0.6 is 0 Å². The van der Waals surface area contributed by atoms with Crippen LogP contribution in [-0.4, -0.2) is 32.6 Å². The third-order valence-electron chi connectivity index (χ3n) is 5.43. The van der Waals surface area contributed by atoms with E-state index in [1.165, 1.54) is 11.3 Å². The van der Waals surface area contributed by atoms with Gasteiger partial charge >= 0.3 is 0 Å². The maximum atomic E-state index is 12.0. The molecule has 3 heterocycles. The number of rotatable bonds is 6. The molecule has 0 atom stereocenters. The fraction of sp³-hybridized carbons (Fsp3) is 0.125. The Hall–Kier alpha value is -4.71. The lowest BCUT2D eigenvalue weighted by atomic mass is 10.1. The number of anilines is 3. The number of aromatic nitrogens is 4. The molecule has 0 radical (unpaired) electrons. The molecule has 162 valence electrons. The lowest BCUT2D eigenvalue weighted by Crippen LogP contribution is -2.23. The Morgan fingerprint density at radius 3 is 2.67 bits per heavy atom. The molecule has 2 aromatic carbocycles. The monoisotopic (exact) mass is 436 g/mol. The first-order valence-electron chi connectivity index (χ1n) is 10.4. The van der Waals surface area contributed by atoms with Crippen LogP contribution in [0, 0.1) is 11.3 Å². The van der Waals surface area contributed by atoms with E-state index in [4.69, 9.17) is 5.26 Å². The maximum Gasteiger partial charge on any atom is 0.252 e. The van der Waals surface area contributed by atoms with Gasteiger partial charge in [0.15, 0.2) is 0 Å². The van der Waals surface area contributed by atoms with Crippen molar-refractivity contribution in [3.63, 3.8) is 0 Å². The summed E-state index contributed by atoms with van der Waals surface area (Å²) < 4.78 is 0. The molecule has 2 aromatic heterocycles. The van der Waals surface area contributed by atoms with Crippen molar-refractivity contribution >= 4 is 23.2 Å². The molecular formula is C24H20N8O. The molecule has 0 bridgehead atoms. The Labute approximate surface area is 190 Å². The van der Waals surface area contributed by atoms with E-state index in [1.807, 2.05) is 42.6 Å². The topological polar surface area (TPSA) is 123 Å². The summed E-state index contributed by atoms with van der Waals surface area (Å²) in [5.74, 6) is 0.202. The van der Waals surface area contributed by atoms with Crippen molar-refractivity contribution in [2.45, 2.75) is 13.1 Å². The van der Waals surface area contributed by atoms with Crippen molar-refractivity contribution in [2.75, 3.05) is 16.8 Å². The van der Waals surface area contributed by atoms with Gasteiger partial charge < -0.3 is 15.5 Å². The molecule has 1 aliphatic rings. The molecule has 3 N–H and O–H groups in total. The molecule has 1 aliphatic heterocycles. The summed E-state index contributed by atoms with van der Waals surface area (Å²) in [7, 11) is 0. The average Bonchev–Trinajstić information content (AvgIpc) is 3.46. The lowest BCUT2D eigenvalue weighted by Gasteiger charge is -2.18. The zero-order valence-corrected chi connectivity index (χ0v) is 17.6. The number of nitriles is 1. The first-order valence-corrected chi connectivity index (χ1v) is 10.4. The number of aromatic amines is 1. The molecular weight excluding hydrogens is 416 g/mol. The smallest absolute Gasteiger partial charge is 0.252 e. The fourth-order valence-electron chi connectivity index (χ4n) is 3.72. The van der Waals surface area contributed by atoms with Crippen LogP contribution in [0.1, 0.15) is 21.6 Å². The highest BCUT2D eigenvalue weighted by Crippen LogP contribution is 2.28. The molecule has 4 aromatic rings. The van der Waals surface area contributed by atoms with E-state index in [-0.39, 0.29) is 12.5 Å². The summed E-state index contributed by atoms with van der Waals surface area (Å²) in [5, 5.41) is 21.5. The summed E-state index contributed by atoms with van der Waals surface area (Å²) in [6, 6.07) is 18.9. The van der Waals surface area contributed by atoms with Gasteiger partial charge in [-0.25, -0.2) is 9.97 Å². The number of carbonyl (C=O) groups is 1. The predicted octanol–water partition coefficient (Wildman–Crippen LogP) is 3.38. The van der Waals surface area contributed by atoms with Crippen LogP contribution < -0.4 is 15.5 Å². The van der Waals surface area contributed by atoms with E-state index in [0.29, 0.717) is 11.5 Å². The average molecular weight is 436 g/mol. The fourth-order valence-corrected chi connectivity index (χ4v) is 3.72. The second-order valence-electron chi connectivity index (χ2n) is 7.59. The van der Waals surface area contributed by atoms with Gasteiger partial charge in [0, 0.05) is 40.8 Å². The number of hydrogen-bond acceptors (Lipinski definition) is 7. The van der Waals surface area contributed by atoms with Gasteiger partial charge in [0.25, 0.3) is 5.91 Å². The van der Waals surface area contributed by atoms with Gasteiger partial charge in [-0.05, 0) is 42.5 Å². The molecule has 1 amide bonds. The van der Waals surface area contributed by atoms with Crippen molar-refractivity contribution in [3.8, 4) is 17.3 Å². The van der Waals surface area contributed by atoms with Gasteiger partial charge in [0.2, 0.25) is 5.95 Å². The maximum absolute atomic E-state index is 12.0.